The molecule has 2 aromatic heterocycles. The molecule has 2 amide bonds. The molecule has 2 aliphatic carbocycles. The molecule has 276 valence electrons. The number of hydrogen-bond acceptors (Lipinski definition) is 10. The van der Waals surface area contributed by atoms with Gasteiger partial charge in [0.15, 0.2) is 11.6 Å². The van der Waals surface area contributed by atoms with Gasteiger partial charge in [-0.2, -0.15) is 0 Å². The monoisotopic (exact) mass is 722 g/mol. The van der Waals surface area contributed by atoms with Gasteiger partial charge in [-0.05, 0) is 63.8 Å². The van der Waals surface area contributed by atoms with Crippen molar-refractivity contribution in [1.29, 1.82) is 0 Å². The van der Waals surface area contributed by atoms with Gasteiger partial charge in [-0.1, -0.05) is 31.4 Å². The summed E-state index contributed by atoms with van der Waals surface area (Å²) in [6.45, 7) is 3.30. The summed E-state index contributed by atoms with van der Waals surface area (Å²) in [6, 6.07) is 8.49. The zero-order valence-corrected chi connectivity index (χ0v) is 29.9. The summed E-state index contributed by atoms with van der Waals surface area (Å²) in [5, 5.41) is 6.10. The van der Waals surface area contributed by atoms with Crippen molar-refractivity contribution in [3.05, 3.63) is 68.8 Å². The molecule has 2 N–H and O–H groups in total. The Morgan fingerprint density at radius 3 is 1.42 bits per heavy atom. The molecule has 2 heterocycles. The molecule has 0 aliphatic heterocycles. The fourth-order valence-electron chi connectivity index (χ4n) is 7.44. The Morgan fingerprint density at radius 1 is 0.623 bits per heavy atom. The summed E-state index contributed by atoms with van der Waals surface area (Å²) in [4.78, 5) is 111. The topological polar surface area (TPSA) is 196 Å². The minimum absolute atomic E-state index is 0.139. The second-order valence-electron chi connectivity index (χ2n) is 13.9. The minimum Gasteiger partial charge on any atom is -0.325 e. The van der Waals surface area contributed by atoms with Gasteiger partial charge in [-0.3, -0.25) is 47.5 Å². The Labute approximate surface area is 304 Å². The molecule has 6 rings (SSSR count). The Kier molecular flexibility index (Phi) is 11.2. The van der Waals surface area contributed by atoms with Gasteiger partial charge in [-0.15, -0.1) is 0 Å². The van der Waals surface area contributed by atoms with Crippen molar-refractivity contribution in [2.45, 2.75) is 109 Å². The third kappa shape index (κ3) is 8.06. The van der Waals surface area contributed by atoms with E-state index in [1.54, 1.807) is 50.2 Å². The van der Waals surface area contributed by atoms with Gasteiger partial charge in [0, 0.05) is 25.7 Å². The second-order valence-corrected chi connectivity index (χ2v) is 13.9. The van der Waals surface area contributed by atoms with Crippen LogP contribution in [0.15, 0.2) is 46.0 Å². The van der Waals surface area contributed by atoms with Crippen molar-refractivity contribution in [1.82, 2.24) is 19.1 Å². The van der Waals surface area contributed by atoms with Crippen LogP contribution in [0.3, 0.4) is 0 Å². The van der Waals surface area contributed by atoms with Crippen LogP contribution in [-0.2, 0) is 28.8 Å². The number of benzene rings is 2. The summed E-state index contributed by atoms with van der Waals surface area (Å²) in [7, 11) is 0. The first kappa shape index (κ1) is 37.1. The van der Waals surface area contributed by atoms with Crippen LogP contribution in [0.2, 0.25) is 0 Å². The van der Waals surface area contributed by atoms with E-state index in [-0.39, 0.29) is 97.1 Å². The lowest BCUT2D eigenvalue weighted by Crippen LogP contribution is -2.36. The molecular weight excluding hydrogens is 680 g/mol. The number of nitrogens with zero attached hydrogens (tertiary/aromatic N) is 4. The molecule has 2 unspecified atom stereocenters. The molecule has 0 bridgehead atoms. The first-order chi connectivity index (χ1) is 25.4. The standard InChI is InChI=1S/C39H42N6O8/c1-22-40-26-10-8-12-28(36(26)38(52)44(22)30-18-16-24(46)20-32(30)48)42-34(50)14-6-4-3-5-7-15-35(51)43-29-13-9-11-27-37(29)39(53)45(23(2)41-27)31-19-17-25(47)21-33(31)49/h8-13,30-31H,3-7,14-21H2,1-2H3,(H,42,50)(H,43,51). The number of aryl methyl sites for hydroxylation is 2. The van der Waals surface area contributed by atoms with Crippen LogP contribution in [0.5, 0.6) is 0 Å². The Bertz CT molecular complexity index is 2130. The van der Waals surface area contributed by atoms with Crippen LogP contribution in [0.1, 0.15) is 107 Å². The summed E-state index contributed by atoms with van der Waals surface area (Å²) in [5.41, 5.74) is 0.587. The lowest BCUT2D eigenvalue weighted by molar-refractivity contribution is -0.133. The highest BCUT2D eigenvalue weighted by molar-refractivity contribution is 6.05. The molecular formula is C39H42N6O8. The van der Waals surface area contributed by atoms with Crippen molar-refractivity contribution < 1.29 is 28.8 Å². The second kappa shape index (κ2) is 15.9. The molecule has 2 fully saturated rings. The number of carbonyl (C=O) groups is 6. The maximum Gasteiger partial charge on any atom is 0.264 e. The maximum atomic E-state index is 13.6. The number of amides is 2. The lowest BCUT2D eigenvalue weighted by atomic mass is 9.92. The predicted molar refractivity (Wildman–Crippen MR) is 197 cm³/mol. The molecule has 14 heteroatoms. The average molecular weight is 723 g/mol. The molecule has 2 atom stereocenters. The van der Waals surface area contributed by atoms with E-state index in [4.69, 9.17) is 0 Å². The maximum absolute atomic E-state index is 13.6. The minimum atomic E-state index is -0.765. The van der Waals surface area contributed by atoms with Crippen molar-refractivity contribution >= 4 is 68.1 Å². The molecule has 2 saturated carbocycles. The fraction of sp³-hybridized carbons (Fsp3) is 0.436. The first-order valence-electron chi connectivity index (χ1n) is 18.1. The first-order valence-corrected chi connectivity index (χ1v) is 18.1. The van der Waals surface area contributed by atoms with E-state index in [0.29, 0.717) is 46.9 Å². The third-order valence-corrected chi connectivity index (χ3v) is 10.1. The number of nitrogens with one attached hydrogen (secondary N) is 2. The Hall–Kier alpha value is -5.66. The zero-order chi connectivity index (χ0) is 37.8. The number of Topliss-reactive ketones (excluding diaryl/α,β-unsaturated/α-hetero) is 4. The highest BCUT2D eigenvalue weighted by atomic mass is 16.2. The zero-order valence-electron chi connectivity index (χ0n) is 29.9. The van der Waals surface area contributed by atoms with E-state index in [2.05, 4.69) is 20.6 Å². The highest BCUT2D eigenvalue weighted by Crippen LogP contribution is 2.28. The number of aromatic nitrogens is 4. The number of rotatable bonds is 12. The molecule has 0 spiro atoms. The van der Waals surface area contributed by atoms with Crippen molar-refractivity contribution in [3.8, 4) is 0 Å². The number of anilines is 2. The van der Waals surface area contributed by atoms with Gasteiger partial charge in [0.2, 0.25) is 11.8 Å². The van der Waals surface area contributed by atoms with Gasteiger partial charge < -0.3 is 10.6 Å². The van der Waals surface area contributed by atoms with E-state index in [0.717, 1.165) is 19.3 Å². The number of hydrogen-bond donors (Lipinski definition) is 2. The van der Waals surface area contributed by atoms with Crippen LogP contribution >= 0.6 is 0 Å². The van der Waals surface area contributed by atoms with Crippen molar-refractivity contribution in [2.24, 2.45) is 0 Å². The van der Waals surface area contributed by atoms with Crippen LogP contribution in [0, 0.1) is 13.8 Å². The summed E-state index contributed by atoms with van der Waals surface area (Å²) >= 11 is 0. The number of unbranched alkanes of at least 4 members (excludes halogenated alkanes) is 4. The van der Waals surface area contributed by atoms with Crippen LogP contribution in [0.25, 0.3) is 21.8 Å². The van der Waals surface area contributed by atoms with Crippen LogP contribution in [0.4, 0.5) is 11.4 Å². The van der Waals surface area contributed by atoms with Crippen LogP contribution < -0.4 is 21.8 Å². The van der Waals surface area contributed by atoms with Crippen LogP contribution in [-0.4, -0.2) is 54.0 Å². The van der Waals surface area contributed by atoms with Gasteiger partial charge in [-0.25, -0.2) is 9.97 Å². The molecule has 2 aliphatic rings. The van der Waals surface area contributed by atoms with E-state index >= 15 is 0 Å². The summed E-state index contributed by atoms with van der Waals surface area (Å²) in [6.07, 6.45) is 4.45. The fourth-order valence-corrected chi connectivity index (χ4v) is 7.44. The van der Waals surface area contributed by atoms with Crippen molar-refractivity contribution in [3.63, 3.8) is 0 Å². The molecule has 4 aromatic rings. The Balaban J connectivity index is 0.990. The normalized spacial score (nSPS) is 17.8. The molecule has 2 aromatic carbocycles. The van der Waals surface area contributed by atoms with E-state index in [9.17, 15) is 38.4 Å². The largest absolute Gasteiger partial charge is 0.325 e. The Morgan fingerprint density at radius 2 is 1.02 bits per heavy atom. The molecule has 53 heavy (non-hydrogen) atoms. The van der Waals surface area contributed by atoms with E-state index < -0.39 is 23.2 Å². The quantitative estimate of drug-likeness (QED) is 0.152. The molecule has 0 saturated heterocycles. The average Bonchev–Trinajstić information content (AvgIpc) is 3.09. The summed E-state index contributed by atoms with van der Waals surface area (Å²) in [5.74, 6) is -0.683. The van der Waals surface area contributed by atoms with Gasteiger partial charge >= 0.3 is 0 Å². The third-order valence-electron chi connectivity index (χ3n) is 10.1. The lowest BCUT2D eigenvalue weighted by Gasteiger charge is -2.24. The smallest absolute Gasteiger partial charge is 0.264 e. The SMILES string of the molecule is Cc1nc2cccc(NC(=O)CCCCCCCC(=O)Nc3cccc4nc(C)n(C5CCC(=O)CC5=O)c(=O)c34)c2c(=O)n1C1CCC(=O)CC1=O. The van der Waals surface area contributed by atoms with E-state index in [1.165, 1.54) is 9.13 Å². The van der Waals surface area contributed by atoms with Gasteiger partial charge in [0.05, 0.1) is 58.1 Å². The summed E-state index contributed by atoms with van der Waals surface area (Å²) < 4.78 is 2.69. The number of fused-ring (bicyclic) bond motifs is 2. The number of carbonyl (C=O) groups excluding carboxylic acids is 6. The van der Waals surface area contributed by atoms with Crippen molar-refractivity contribution in [2.75, 3.05) is 10.6 Å². The highest BCUT2D eigenvalue weighted by Gasteiger charge is 2.32. The molecule has 0 radical (unpaired) electrons. The number of ketones is 4. The van der Waals surface area contributed by atoms with Gasteiger partial charge in [0.25, 0.3) is 11.1 Å². The molecule has 14 nitrogen and oxygen atoms in total. The van der Waals surface area contributed by atoms with Gasteiger partial charge in [0.1, 0.15) is 23.2 Å². The predicted octanol–water partition coefficient (Wildman–Crippen LogP) is 4.76. The van der Waals surface area contributed by atoms with E-state index in [1.807, 2.05) is 0 Å².